The third-order valence-corrected chi connectivity index (χ3v) is 6.94. The maximum absolute atomic E-state index is 13.1. The second kappa shape index (κ2) is 6.90. The highest BCUT2D eigenvalue weighted by atomic mass is 16.5. The molecule has 0 unspecified atom stereocenters. The lowest BCUT2D eigenvalue weighted by atomic mass is 9.49. The average Bonchev–Trinajstić information content (AvgIpc) is 2.59. The van der Waals surface area contributed by atoms with E-state index in [1.165, 1.54) is 24.8 Å². The van der Waals surface area contributed by atoms with E-state index in [0.29, 0.717) is 18.4 Å². The van der Waals surface area contributed by atoms with Crippen LogP contribution in [-0.4, -0.2) is 18.6 Å². The number of carbonyl (C=O) groups excluding carboxylic acids is 1. The second-order valence-corrected chi connectivity index (χ2v) is 9.61. The quantitative estimate of drug-likeness (QED) is 0.787. The van der Waals surface area contributed by atoms with Gasteiger partial charge < -0.3 is 10.1 Å². The first kappa shape index (κ1) is 17.9. The van der Waals surface area contributed by atoms with Crippen LogP contribution >= 0.6 is 0 Å². The summed E-state index contributed by atoms with van der Waals surface area (Å²) in [6, 6.07) is 8.35. The monoisotopic (exact) mass is 355 g/mol. The molecule has 5 rings (SSSR count). The summed E-state index contributed by atoms with van der Waals surface area (Å²) >= 11 is 0. The molecule has 0 saturated heterocycles. The number of nitrogens with one attached hydrogen (secondary N) is 1. The zero-order chi connectivity index (χ0) is 18.3. The Kier molecular flexibility index (Phi) is 4.75. The van der Waals surface area contributed by atoms with Crippen LogP contribution in [0.4, 0.5) is 0 Å². The zero-order valence-electron chi connectivity index (χ0n) is 16.5. The highest BCUT2D eigenvalue weighted by Crippen LogP contribution is 2.60. The minimum atomic E-state index is -0.0675. The van der Waals surface area contributed by atoms with E-state index in [1.54, 1.807) is 0 Å². The molecule has 4 fully saturated rings. The molecule has 4 aliphatic carbocycles. The van der Waals surface area contributed by atoms with Gasteiger partial charge in [-0.05, 0) is 86.8 Å². The van der Waals surface area contributed by atoms with E-state index in [9.17, 15) is 4.79 Å². The molecule has 3 heteroatoms. The van der Waals surface area contributed by atoms with Crippen molar-refractivity contribution >= 4 is 5.91 Å². The van der Waals surface area contributed by atoms with Crippen molar-refractivity contribution in [2.24, 2.45) is 23.2 Å². The van der Waals surface area contributed by atoms with Gasteiger partial charge in [0.15, 0.2) is 0 Å². The highest BCUT2D eigenvalue weighted by molar-refractivity contribution is 5.83. The number of ether oxygens (including phenoxy) is 1. The molecule has 0 spiro atoms. The van der Waals surface area contributed by atoms with Crippen LogP contribution in [0, 0.1) is 23.2 Å². The number of amides is 1. The third-order valence-electron chi connectivity index (χ3n) is 6.94. The molecule has 0 radical (unpaired) electrons. The van der Waals surface area contributed by atoms with Crippen LogP contribution in [0.5, 0.6) is 5.75 Å². The molecule has 0 aliphatic heterocycles. The summed E-state index contributed by atoms with van der Waals surface area (Å²) < 4.78 is 5.91. The molecule has 142 valence electrons. The fraction of sp³-hybridized carbons (Fsp3) is 0.696. The predicted molar refractivity (Wildman–Crippen MR) is 104 cm³/mol. The molecule has 1 aromatic rings. The molecule has 1 aromatic carbocycles. The second-order valence-electron chi connectivity index (χ2n) is 9.61. The van der Waals surface area contributed by atoms with Crippen molar-refractivity contribution < 1.29 is 9.53 Å². The van der Waals surface area contributed by atoms with E-state index in [-0.39, 0.29) is 11.5 Å². The zero-order valence-corrected chi connectivity index (χ0v) is 16.5. The number of rotatable bonds is 6. The van der Waals surface area contributed by atoms with Gasteiger partial charge >= 0.3 is 0 Å². The Labute approximate surface area is 157 Å². The number of carbonyl (C=O) groups is 1. The fourth-order valence-corrected chi connectivity index (χ4v) is 5.98. The summed E-state index contributed by atoms with van der Waals surface area (Å²) in [6.07, 6.45) is 7.48. The van der Waals surface area contributed by atoms with Gasteiger partial charge in [0.2, 0.25) is 5.91 Å². The molecule has 4 aliphatic rings. The van der Waals surface area contributed by atoms with Crippen molar-refractivity contribution in [3.63, 3.8) is 0 Å². The van der Waals surface area contributed by atoms with Gasteiger partial charge in [-0.25, -0.2) is 0 Å². The largest absolute Gasteiger partial charge is 0.491 e. The van der Waals surface area contributed by atoms with Gasteiger partial charge in [0, 0.05) is 5.41 Å². The Balaban J connectivity index is 1.30. The smallest absolute Gasteiger partial charge is 0.226 e. The van der Waals surface area contributed by atoms with Crippen LogP contribution in [0.25, 0.3) is 0 Å². The van der Waals surface area contributed by atoms with E-state index >= 15 is 0 Å². The standard InChI is InChI=1S/C23H33NO2/c1-15(2)20-4-6-21(7-5-20)26-14-16(3)24-22(25)23-11-17-8-18(12-23)10-19(9-17)13-23/h4-7,15-19H,8-14H2,1-3H3,(H,24,25)/t16-,17?,18?,19?,23?/m1/s1. The fourth-order valence-electron chi connectivity index (χ4n) is 5.98. The molecule has 0 aromatic heterocycles. The number of hydrogen-bond donors (Lipinski definition) is 1. The molecule has 1 amide bonds. The minimum Gasteiger partial charge on any atom is -0.491 e. The molecule has 3 nitrogen and oxygen atoms in total. The Bertz CT molecular complexity index is 613. The Morgan fingerprint density at radius 2 is 1.58 bits per heavy atom. The lowest BCUT2D eigenvalue weighted by Crippen LogP contribution is -2.55. The van der Waals surface area contributed by atoms with Gasteiger partial charge in [-0.2, -0.15) is 0 Å². The van der Waals surface area contributed by atoms with Gasteiger partial charge in [-0.1, -0.05) is 26.0 Å². The summed E-state index contributed by atoms with van der Waals surface area (Å²) in [6.45, 7) is 6.97. The SMILES string of the molecule is CC(C)c1ccc(OC[C@@H](C)NC(=O)C23CC4CC(CC(C4)C2)C3)cc1. The Hall–Kier alpha value is -1.51. The van der Waals surface area contributed by atoms with E-state index in [0.717, 1.165) is 42.8 Å². The Morgan fingerprint density at radius 1 is 1.04 bits per heavy atom. The number of benzene rings is 1. The molecular weight excluding hydrogens is 322 g/mol. The van der Waals surface area contributed by atoms with Crippen LogP contribution in [0.2, 0.25) is 0 Å². The van der Waals surface area contributed by atoms with Gasteiger partial charge in [0.05, 0.1) is 6.04 Å². The average molecular weight is 356 g/mol. The lowest BCUT2D eigenvalue weighted by Gasteiger charge is -2.55. The maximum Gasteiger partial charge on any atom is 0.226 e. The molecule has 26 heavy (non-hydrogen) atoms. The summed E-state index contributed by atoms with van der Waals surface area (Å²) in [4.78, 5) is 13.1. The maximum atomic E-state index is 13.1. The summed E-state index contributed by atoms with van der Waals surface area (Å²) in [5, 5.41) is 3.27. The van der Waals surface area contributed by atoms with Crippen LogP contribution in [0.15, 0.2) is 24.3 Å². The van der Waals surface area contributed by atoms with Crippen LogP contribution in [0.3, 0.4) is 0 Å². The van der Waals surface area contributed by atoms with Crippen LogP contribution in [0.1, 0.15) is 70.8 Å². The van der Waals surface area contributed by atoms with Crippen molar-refractivity contribution in [2.75, 3.05) is 6.61 Å². The third kappa shape index (κ3) is 3.50. The van der Waals surface area contributed by atoms with Gasteiger partial charge in [-0.3, -0.25) is 4.79 Å². The highest BCUT2D eigenvalue weighted by Gasteiger charge is 2.54. The van der Waals surface area contributed by atoms with Crippen LogP contribution < -0.4 is 10.1 Å². The van der Waals surface area contributed by atoms with Gasteiger partial charge in [-0.15, -0.1) is 0 Å². The molecule has 1 atom stereocenters. The van der Waals surface area contributed by atoms with Crippen molar-refractivity contribution in [3.8, 4) is 5.75 Å². The first-order chi connectivity index (χ1) is 12.4. The van der Waals surface area contributed by atoms with E-state index in [1.807, 2.05) is 12.1 Å². The van der Waals surface area contributed by atoms with E-state index in [2.05, 4.69) is 38.2 Å². The summed E-state index contributed by atoms with van der Waals surface area (Å²) in [7, 11) is 0. The van der Waals surface area contributed by atoms with Crippen molar-refractivity contribution in [1.29, 1.82) is 0 Å². The normalized spacial score (nSPS) is 33.3. The van der Waals surface area contributed by atoms with Crippen LogP contribution in [-0.2, 0) is 4.79 Å². The molecule has 1 N–H and O–H groups in total. The summed E-state index contributed by atoms with van der Waals surface area (Å²) in [5.74, 6) is 4.12. The first-order valence-corrected chi connectivity index (χ1v) is 10.5. The Morgan fingerprint density at radius 3 is 2.08 bits per heavy atom. The van der Waals surface area contributed by atoms with Crippen molar-refractivity contribution in [3.05, 3.63) is 29.8 Å². The van der Waals surface area contributed by atoms with E-state index in [4.69, 9.17) is 4.74 Å². The molecule has 4 saturated carbocycles. The summed E-state index contributed by atoms with van der Waals surface area (Å²) in [5.41, 5.74) is 1.25. The van der Waals surface area contributed by atoms with Crippen molar-refractivity contribution in [2.45, 2.75) is 71.3 Å². The molecule has 4 bridgehead atoms. The topological polar surface area (TPSA) is 38.3 Å². The van der Waals surface area contributed by atoms with Crippen molar-refractivity contribution in [1.82, 2.24) is 5.32 Å². The lowest BCUT2D eigenvalue weighted by molar-refractivity contribution is -0.147. The van der Waals surface area contributed by atoms with Gasteiger partial charge in [0.1, 0.15) is 12.4 Å². The first-order valence-electron chi connectivity index (χ1n) is 10.5. The molecule has 0 heterocycles. The van der Waals surface area contributed by atoms with Gasteiger partial charge in [0.25, 0.3) is 0 Å². The molecular formula is C23H33NO2. The minimum absolute atomic E-state index is 0.0419. The van der Waals surface area contributed by atoms with E-state index < -0.39 is 0 Å². The number of hydrogen-bond acceptors (Lipinski definition) is 2. The predicted octanol–water partition coefficient (Wildman–Crippen LogP) is 4.91.